The van der Waals surface area contributed by atoms with Crippen LogP contribution in [0, 0.1) is 0 Å². The van der Waals surface area contributed by atoms with E-state index in [4.69, 9.17) is 23.4 Å². The van der Waals surface area contributed by atoms with Crippen LogP contribution in [0.5, 0.6) is 17.2 Å². The monoisotopic (exact) mass is 494 g/mol. The van der Waals surface area contributed by atoms with Crippen LogP contribution >= 0.6 is 0 Å². The van der Waals surface area contributed by atoms with E-state index in [0.717, 1.165) is 6.07 Å². The van der Waals surface area contributed by atoms with E-state index < -0.39 is 35.0 Å². The number of esters is 1. The molecule has 2 atom stereocenters. The molecule has 0 aliphatic carbocycles. The molecule has 0 amide bonds. The first-order valence-corrected chi connectivity index (χ1v) is 10.8. The van der Waals surface area contributed by atoms with Gasteiger partial charge in [0.1, 0.15) is 11.3 Å². The van der Waals surface area contributed by atoms with Crippen LogP contribution in [0.2, 0.25) is 0 Å². The largest absolute Gasteiger partial charge is 0.493 e. The standard InChI is InChI=1S/C25H25F3O7/c1-6-13(2)33-24(30)14(3)34-16-8-9-17-19(12-16)35-23(25(26,27)28)21(22(17)29)15-7-10-18(31-4)20(11-15)32-5/h7-14H,6H2,1-5H3/t13-,14+/m1/s1. The third-order valence-corrected chi connectivity index (χ3v) is 5.33. The third kappa shape index (κ3) is 5.52. The Morgan fingerprint density at radius 1 is 1.03 bits per heavy atom. The van der Waals surface area contributed by atoms with Crippen LogP contribution in [0.1, 0.15) is 33.0 Å². The van der Waals surface area contributed by atoms with Crippen LogP contribution in [0.25, 0.3) is 22.1 Å². The molecule has 0 aliphatic heterocycles. The molecule has 188 valence electrons. The summed E-state index contributed by atoms with van der Waals surface area (Å²) in [6.07, 6.45) is -5.70. The minimum atomic E-state index is -4.97. The highest BCUT2D eigenvalue weighted by Gasteiger charge is 2.39. The Morgan fingerprint density at radius 2 is 1.71 bits per heavy atom. The van der Waals surface area contributed by atoms with E-state index in [1.165, 1.54) is 51.5 Å². The number of rotatable bonds is 8. The van der Waals surface area contributed by atoms with Crippen LogP contribution in [0.4, 0.5) is 13.2 Å². The average Bonchev–Trinajstić information content (AvgIpc) is 2.82. The van der Waals surface area contributed by atoms with Crippen molar-refractivity contribution in [3.05, 3.63) is 52.4 Å². The maximum atomic E-state index is 14.0. The molecule has 3 aromatic rings. The van der Waals surface area contributed by atoms with Crippen molar-refractivity contribution in [1.82, 2.24) is 0 Å². The Kier molecular flexibility index (Phi) is 7.62. The lowest BCUT2D eigenvalue weighted by molar-refractivity contribution is -0.156. The Labute approximate surface area is 199 Å². The van der Waals surface area contributed by atoms with Crippen molar-refractivity contribution in [3.8, 4) is 28.4 Å². The highest BCUT2D eigenvalue weighted by Crippen LogP contribution is 2.40. The van der Waals surface area contributed by atoms with Crippen molar-refractivity contribution >= 4 is 16.9 Å². The highest BCUT2D eigenvalue weighted by molar-refractivity contribution is 5.84. The van der Waals surface area contributed by atoms with Crippen molar-refractivity contribution in [3.63, 3.8) is 0 Å². The molecular formula is C25H25F3O7. The zero-order valence-corrected chi connectivity index (χ0v) is 19.8. The Balaban J connectivity index is 2.10. The summed E-state index contributed by atoms with van der Waals surface area (Å²) in [5.74, 6) is -1.61. The summed E-state index contributed by atoms with van der Waals surface area (Å²) >= 11 is 0. The minimum Gasteiger partial charge on any atom is -0.493 e. The molecular weight excluding hydrogens is 469 g/mol. The summed E-state index contributed by atoms with van der Waals surface area (Å²) < 4.78 is 68.1. The van der Waals surface area contributed by atoms with Gasteiger partial charge in [0.15, 0.2) is 17.6 Å². The van der Waals surface area contributed by atoms with Crippen molar-refractivity contribution in [2.24, 2.45) is 0 Å². The number of ether oxygens (including phenoxy) is 4. The van der Waals surface area contributed by atoms with Gasteiger partial charge in [0.25, 0.3) is 0 Å². The molecule has 0 saturated carbocycles. The summed E-state index contributed by atoms with van der Waals surface area (Å²) in [6, 6.07) is 7.78. The number of hydrogen-bond donors (Lipinski definition) is 0. The molecule has 0 unspecified atom stereocenters. The molecule has 0 aliphatic rings. The molecule has 0 spiro atoms. The quantitative estimate of drug-likeness (QED) is 0.377. The number of carbonyl (C=O) groups is 1. The van der Waals surface area contributed by atoms with Gasteiger partial charge in [0, 0.05) is 6.07 Å². The first-order valence-electron chi connectivity index (χ1n) is 10.8. The van der Waals surface area contributed by atoms with Gasteiger partial charge in [-0.15, -0.1) is 0 Å². The molecule has 0 radical (unpaired) electrons. The van der Waals surface area contributed by atoms with E-state index in [0.29, 0.717) is 6.42 Å². The second kappa shape index (κ2) is 10.3. The van der Waals surface area contributed by atoms with Crippen LogP contribution < -0.4 is 19.6 Å². The van der Waals surface area contributed by atoms with Crippen molar-refractivity contribution in [2.45, 2.75) is 45.6 Å². The predicted octanol–water partition coefficient (Wildman–Crippen LogP) is 5.61. The highest BCUT2D eigenvalue weighted by atomic mass is 19.4. The van der Waals surface area contributed by atoms with Crippen molar-refractivity contribution in [2.75, 3.05) is 14.2 Å². The Bertz CT molecular complexity index is 1280. The zero-order valence-electron chi connectivity index (χ0n) is 19.8. The lowest BCUT2D eigenvalue weighted by Gasteiger charge is -2.17. The normalized spacial score (nSPS) is 13.3. The molecule has 1 aromatic heterocycles. The zero-order chi connectivity index (χ0) is 25.9. The van der Waals surface area contributed by atoms with Gasteiger partial charge in [0.05, 0.1) is 31.3 Å². The first-order chi connectivity index (χ1) is 16.5. The van der Waals surface area contributed by atoms with Crippen LogP contribution in [0.15, 0.2) is 45.6 Å². The molecule has 7 nitrogen and oxygen atoms in total. The van der Waals surface area contributed by atoms with Gasteiger partial charge in [-0.25, -0.2) is 4.79 Å². The summed E-state index contributed by atoms with van der Waals surface area (Å²) in [5, 5.41) is -0.0926. The molecule has 0 bridgehead atoms. The van der Waals surface area contributed by atoms with Crippen molar-refractivity contribution < 1.29 is 41.3 Å². The summed E-state index contributed by atoms with van der Waals surface area (Å²) in [6.45, 7) is 5.03. The van der Waals surface area contributed by atoms with Gasteiger partial charge in [-0.2, -0.15) is 13.2 Å². The molecule has 0 saturated heterocycles. The smallest absolute Gasteiger partial charge is 0.450 e. The predicted molar refractivity (Wildman–Crippen MR) is 122 cm³/mol. The fourth-order valence-electron chi connectivity index (χ4n) is 3.33. The maximum Gasteiger partial charge on any atom is 0.450 e. The van der Waals surface area contributed by atoms with Crippen molar-refractivity contribution in [1.29, 1.82) is 0 Å². The summed E-state index contributed by atoms with van der Waals surface area (Å²) in [7, 11) is 2.71. The fourth-order valence-corrected chi connectivity index (χ4v) is 3.33. The number of fused-ring (bicyclic) bond motifs is 1. The van der Waals surface area contributed by atoms with Gasteiger partial charge < -0.3 is 23.4 Å². The second-order valence-electron chi connectivity index (χ2n) is 7.78. The SMILES string of the molecule is CC[C@@H](C)OC(=O)[C@H](C)Oc1ccc2c(=O)c(-c3ccc(OC)c(OC)c3)c(C(F)(F)F)oc2c1. The number of halogens is 3. The number of benzene rings is 2. The van der Waals surface area contributed by atoms with E-state index in [2.05, 4.69) is 0 Å². The number of hydrogen-bond acceptors (Lipinski definition) is 7. The molecule has 3 rings (SSSR count). The maximum absolute atomic E-state index is 14.0. The van der Waals surface area contributed by atoms with E-state index in [-0.39, 0.29) is 39.9 Å². The van der Waals surface area contributed by atoms with E-state index in [1.54, 1.807) is 6.92 Å². The van der Waals surface area contributed by atoms with Crippen LogP contribution in [-0.2, 0) is 15.7 Å². The van der Waals surface area contributed by atoms with Gasteiger partial charge in [-0.3, -0.25) is 4.79 Å². The topological polar surface area (TPSA) is 84.2 Å². The van der Waals surface area contributed by atoms with Gasteiger partial charge in [0.2, 0.25) is 11.2 Å². The first kappa shape index (κ1) is 25.9. The van der Waals surface area contributed by atoms with Crippen LogP contribution in [0.3, 0.4) is 0 Å². The molecule has 0 N–H and O–H groups in total. The molecule has 2 aromatic carbocycles. The third-order valence-electron chi connectivity index (χ3n) is 5.33. The minimum absolute atomic E-state index is 0.0428. The van der Waals surface area contributed by atoms with E-state index >= 15 is 0 Å². The summed E-state index contributed by atoms with van der Waals surface area (Å²) in [5.41, 5.74) is -1.94. The molecule has 0 fully saturated rings. The number of methoxy groups -OCH3 is 2. The van der Waals surface area contributed by atoms with Gasteiger partial charge in [-0.05, 0) is 50.1 Å². The molecule has 35 heavy (non-hydrogen) atoms. The number of carbonyl (C=O) groups excluding carboxylic acids is 1. The molecule has 10 heteroatoms. The Hall–Kier alpha value is -3.69. The fraction of sp³-hybridized carbons (Fsp3) is 0.360. The van der Waals surface area contributed by atoms with E-state index in [1.807, 2.05) is 6.92 Å². The number of alkyl halides is 3. The van der Waals surface area contributed by atoms with E-state index in [9.17, 15) is 22.8 Å². The molecule has 1 heterocycles. The Morgan fingerprint density at radius 3 is 2.31 bits per heavy atom. The average molecular weight is 494 g/mol. The summed E-state index contributed by atoms with van der Waals surface area (Å²) in [4.78, 5) is 25.3. The second-order valence-corrected chi connectivity index (χ2v) is 7.78. The van der Waals surface area contributed by atoms with Gasteiger partial charge in [-0.1, -0.05) is 13.0 Å². The van der Waals surface area contributed by atoms with Gasteiger partial charge >= 0.3 is 12.1 Å². The van der Waals surface area contributed by atoms with Crippen LogP contribution in [-0.4, -0.2) is 32.4 Å². The lowest BCUT2D eigenvalue weighted by atomic mass is 10.0. The lowest BCUT2D eigenvalue weighted by Crippen LogP contribution is -2.29.